The Hall–Kier alpha value is -3.59. The van der Waals surface area contributed by atoms with E-state index >= 15 is 0 Å². The van der Waals surface area contributed by atoms with E-state index in [4.69, 9.17) is 30.5 Å². The summed E-state index contributed by atoms with van der Waals surface area (Å²) in [6.07, 6.45) is 1.45. The summed E-state index contributed by atoms with van der Waals surface area (Å²) in [5.74, 6) is 0.430. The maximum absolute atomic E-state index is 12.3. The molecule has 1 heterocycles. The average molecular weight is 419 g/mol. The number of nitro benzene ring substituents is 1. The van der Waals surface area contributed by atoms with E-state index in [1.54, 1.807) is 12.1 Å². The summed E-state index contributed by atoms with van der Waals surface area (Å²) in [6.45, 7) is 0. The van der Waals surface area contributed by atoms with Gasteiger partial charge in [0.05, 0.1) is 36.8 Å². The van der Waals surface area contributed by atoms with Crippen LogP contribution in [0.4, 0.5) is 5.69 Å². The van der Waals surface area contributed by atoms with Crippen LogP contribution in [0, 0.1) is 10.1 Å². The number of carbonyl (C=O) groups is 1. The van der Waals surface area contributed by atoms with Crippen LogP contribution in [0.15, 0.2) is 41.0 Å². The first-order valence-electron chi connectivity index (χ1n) is 8.14. The number of nitro groups is 1. The lowest BCUT2D eigenvalue weighted by Gasteiger charge is -2.12. The van der Waals surface area contributed by atoms with Gasteiger partial charge in [0, 0.05) is 23.8 Å². The summed E-state index contributed by atoms with van der Waals surface area (Å²) < 4.78 is 21.0. The molecule has 0 atom stereocenters. The van der Waals surface area contributed by atoms with Crippen molar-refractivity contribution in [1.29, 1.82) is 0 Å². The van der Waals surface area contributed by atoms with Crippen molar-refractivity contribution >= 4 is 35.2 Å². The predicted octanol–water partition coefficient (Wildman–Crippen LogP) is 3.62. The largest absolute Gasteiger partial charge is 0.496 e. The minimum absolute atomic E-state index is 0.0342. The zero-order valence-electron chi connectivity index (χ0n) is 15.6. The summed E-state index contributed by atoms with van der Waals surface area (Å²) in [6, 6.07) is 6.99. The number of nitrogens with zero attached hydrogens (tertiary/aromatic N) is 2. The first kappa shape index (κ1) is 20.2. The van der Waals surface area contributed by atoms with Crippen molar-refractivity contribution in [2.75, 3.05) is 21.3 Å². The molecular formula is C19H15ClN2O7. The number of cyclic esters (lactones) is 1. The summed E-state index contributed by atoms with van der Waals surface area (Å²) in [4.78, 5) is 26.9. The Balaban J connectivity index is 2.06. The summed E-state index contributed by atoms with van der Waals surface area (Å²) in [7, 11) is 4.43. The van der Waals surface area contributed by atoms with E-state index < -0.39 is 10.9 Å². The van der Waals surface area contributed by atoms with Gasteiger partial charge in [0.2, 0.25) is 5.90 Å². The minimum atomic E-state index is -0.737. The molecule has 1 aliphatic heterocycles. The fraction of sp³-hybridized carbons (Fsp3) is 0.158. The molecule has 2 aromatic rings. The molecule has 2 aromatic carbocycles. The highest BCUT2D eigenvalue weighted by Gasteiger charge is 2.27. The van der Waals surface area contributed by atoms with Gasteiger partial charge in [-0.2, -0.15) is 0 Å². The van der Waals surface area contributed by atoms with Crippen LogP contribution >= 0.6 is 11.6 Å². The number of ether oxygens (including phenoxy) is 4. The number of aliphatic imine (C=N–C) groups is 1. The molecular weight excluding hydrogens is 404 g/mol. The molecule has 0 N–H and O–H groups in total. The van der Waals surface area contributed by atoms with E-state index in [0.29, 0.717) is 22.8 Å². The lowest BCUT2D eigenvalue weighted by atomic mass is 10.1. The van der Waals surface area contributed by atoms with Crippen LogP contribution in [0.3, 0.4) is 0 Å². The zero-order valence-corrected chi connectivity index (χ0v) is 16.4. The highest BCUT2D eigenvalue weighted by atomic mass is 35.5. The lowest BCUT2D eigenvalue weighted by molar-refractivity contribution is -0.384. The van der Waals surface area contributed by atoms with E-state index in [9.17, 15) is 14.9 Å². The molecule has 0 spiro atoms. The minimum Gasteiger partial charge on any atom is -0.496 e. The van der Waals surface area contributed by atoms with Gasteiger partial charge >= 0.3 is 5.97 Å². The fourth-order valence-corrected chi connectivity index (χ4v) is 2.83. The molecule has 0 saturated carbocycles. The van der Waals surface area contributed by atoms with E-state index in [2.05, 4.69) is 4.99 Å². The van der Waals surface area contributed by atoms with Gasteiger partial charge in [-0.15, -0.1) is 0 Å². The van der Waals surface area contributed by atoms with Gasteiger partial charge in [0.25, 0.3) is 5.69 Å². The predicted molar refractivity (Wildman–Crippen MR) is 105 cm³/mol. The Labute approximate surface area is 170 Å². The molecule has 150 valence electrons. The van der Waals surface area contributed by atoms with Crippen molar-refractivity contribution in [2.24, 2.45) is 4.99 Å². The van der Waals surface area contributed by atoms with Crippen molar-refractivity contribution in [1.82, 2.24) is 0 Å². The molecule has 0 radical (unpaired) electrons. The molecule has 0 unspecified atom stereocenters. The lowest BCUT2D eigenvalue weighted by Crippen LogP contribution is -2.06. The number of halogens is 1. The smallest absolute Gasteiger partial charge is 0.363 e. The van der Waals surface area contributed by atoms with Gasteiger partial charge in [0.15, 0.2) is 17.2 Å². The molecule has 9 nitrogen and oxygen atoms in total. The van der Waals surface area contributed by atoms with E-state index in [-0.39, 0.29) is 27.9 Å². The number of non-ortho nitro benzene ring substituents is 1. The number of hydrogen-bond donors (Lipinski definition) is 0. The van der Waals surface area contributed by atoms with E-state index in [1.807, 2.05) is 0 Å². The second-order valence-electron chi connectivity index (χ2n) is 5.71. The normalized spacial score (nSPS) is 14.4. The van der Waals surface area contributed by atoms with Crippen LogP contribution in [-0.4, -0.2) is 38.1 Å². The maximum atomic E-state index is 12.3. The molecule has 10 heteroatoms. The number of carbonyl (C=O) groups excluding carboxylic acids is 1. The number of methoxy groups -OCH3 is 3. The summed E-state index contributed by atoms with van der Waals surface area (Å²) >= 11 is 6.09. The molecule has 0 amide bonds. The van der Waals surface area contributed by atoms with Crippen LogP contribution in [0.2, 0.25) is 5.02 Å². The third-order valence-corrected chi connectivity index (χ3v) is 4.37. The van der Waals surface area contributed by atoms with Crippen molar-refractivity contribution in [3.8, 4) is 17.2 Å². The highest BCUT2D eigenvalue weighted by Crippen LogP contribution is 2.36. The number of rotatable bonds is 6. The van der Waals surface area contributed by atoms with Crippen LogP contribution in [-0.2, 0) is 9.53 Å². The van der Waals surface area contributed by atoms with E-state index in [1.165, 1.54) is 45.6 Å². The Bertz CT molecular complexity index is 1060. The van der Waals surface area contributed by atoms with Crippen LogP contribution < -0.4 is 14.2 Å². The van der Waals surface area contributed by atoms with Crippen LogP contribution in [0.1, 0.15) is 11.1 Å². The monoisotopic (exact) mass is 418 g/mol. The van der Waals surface area contributed by atoms with Gasteiger partial charge in [-0.05, 0) is 18.2 Å². The van der Waals surface area contributed by atoms with Crippen molar-refractivity contribution < 1.29 is 28.7 Å². The fourth-order valence-electron chi connectivity index (χ4n) is 2.63. The second-order valence-corrected chi connectivity index (χ2v) is 6.11. The molecule has 0 aliphatic carbocycles. The molecule has 0 aromatic heterocycles. The summed E-state index contributed by atoms with van der Waals surface area (Å²) in [5, 5.41) is 11.2. The molecule has 0 bridgehead atoms. The second kappa shape index (κ2) is 8.19. The Morgan fingerprint density at radius 2 is 1.72 bits per heavy atom. The third-order valence-electron chi connectivity index (χ3n) is 4.04. The van der Waals surface area contributed by atoms with Gasteiger partial charge in [-0.3, -0.25) is 10.1 Å². The molecule has 1 aliphatic rings. The Kier molecular flexibility index (Phi) is 5.69. The van der Waals surface area contributed by atoms with E-state index in [0.717, 1.165) is 0 Å². The maximum Gasteiger partial charge on any atom is 0.363 e. The molecule has 0 fully saturated rings. The zero-order chi connectivity index (χ0) is 21.1. The molecule has 3 rings (SSSR count). The number of benzene rings is 2. The Morgan fingerprint density at radius 3 is 2.34 bits per heavy atom. The first-order chi connectivity index (χ1) is 13.9. The summed E-state index contributed by atoms with van der Waals surface area (Å²) in [5.41, 5.74) is 0.388. The first-order valence-corrected chi connectivity index (χ1v) is 8.52. The third kappa shape index (κ3) is 3.99. The van der Waals surface area contributed by atoms with Gasteiger partial charge in [0.1, 0.15) is 5.75 Å². The molecule has 29 heavy (non-hydrogen) atoms. The topological polar surface area (TPSA) is 109 Å². The van der Waals surface area contributed by atoms with Gasteiger partial charge in [-0.1, -0.05) is 11.6 Å². The standard InChI is InChI=1S/C19H15ClN2O7/c1-26-15-9-17(28-3)16(27-2)7-10(15)6-14-19(23)29-18(21-14)12-8-11(22(24)25)4-5-13(12)20/h4-9H,1-3H3/b14-6+. The highest BCUT2D eigenvalue weighted by molar-refractivity contribution is 6.34. The van der Waals surface area contributed by atoms with Crippen LogP contribution in [0.25, 0.3) is 6.08 Å². The SMILES string of the molecule is COc1cc(OC)c(OC)cc1/C=C1/N=C(c2cc([N+](=O)[O-])ccc2Cl)OC1=O. The van der Waals surface area contributed by atoms with Crippen molar-refractivity contribution in [2.45, 2.75) is 0 Å². The van der Waals surface area contributed by atoms with Gasteiger partial charge in [-0.25, -0.2) is 9.79 Å². The van der Waals surface area contributed by atoms with Crippen molar-refractivity contribution in [3.63, 3.8) is 0 Å². The van der Waals surface area contributed by atoms with Gasteiger partial charge < -0.3 is 18.9 Å². The average Bonchev–Trinajstić information content (AvgIpc) is 3.07. The number of hydrogen-bond acceptors (Lipinski definition) is 8. The quantitative estimate of drug-likeness (QED) is 0.305. The van der Waals surface area contributed by atoms with Crippen LogP contribution in [0.5, 0.6) is 17.2 Å². The molecule has 0 saturated heterocycles. The van der Waals surface area contributed by atoms with Crippen molar-refractivity contribution in [3.05, 3.63) is 62.3 Å². The number of esters is 1. The Morgan fingerprint density at radius 1 is 1.07 bits per heavy atom.